The van der Waals surface area contributed by atoms with E-state index in [9.17, 15) is 4.79 Å². The van der Waals surface area contributed by atoms with Crippen LogP contribution in [0.5, 0.6) is 5.75 Å². The minimum absolute atomic E-state index is 0.0990. The number of nitrogens with zero attached hydrogens (tertiary/aromatic N) is 2. The Morgan fingerprint density at radius 3 is 2.80 bits per heavy atom. The number of hydrogen-bond donors (Lipinski definition) is 0. The molecule has 5 nitrogen and oxygen atoms in total. The lowest BCUT2D eigenvalue weighted by Gasteiger charge is -2.33. The van der Waals surface area contributed by atoms with E-state index in [0.717, 1.165) is 42.8 Å². The summed E-state index contributed by atoms with van der Waals surface area (Å²) in [4.78, 5) is 18.7. The standard InChI is InChI=1S/C20H22N2O3/c23-20(19-12-16-5-1-2-6-18(16)25-19)22-10-7-17(8-11-22)24-14-15-4-3-9-21-13-15/h1-6,9,13,17,19H,7-8,10-12,14H2. The van der Waals surface area contributed by atoms with Crippen LogP contribution in [0.4, 0.5) is 0 Å². The SMILES string of the molecule is O=C(C1Cc2ccccc2O1)N1CCC(OCc2cccnc2)CC1. The van der Waals surface area contributed by atoms with Crippen molar-refractivity contribution >= 4 is 5.91 Å². The first-order valence-corrected chi connectivity index (χ1v) is 8.83. The number of benzene rings is 1. The van der Waals surface area contributed by atoms with Crippen LogP contribution in [0.3, 0.4) is 0 Å². The number of carbonyl (C=O) groups is 1. The van der Waals surface area contributed by atoms with E-state index >= 15 is 0 Å². The van der Waals surface area contributed by atoms with Crippen molar-refractivity contribution in [2.75, 3.05) is 13.1 Å². The number of para-hydroxylation sites is 1. The summed E-state index contributed by atoms with van der Waals surface area (Å²) < 4.78 is 11.8. The van der Waals surface area contributed by atoms with Crippen LogP contribution in [0, 0.1) is 0 Å². The lowest BCUT2D eigenvalue weighted by Crippen LogP contribution is -2.46. The Hall–Kier alpha value is -2.40. The maximum Gasteiger partial charge on any atom is 0.263 e. The number of ether oxygens (including phenoxy) is 2. The van der Waals surface area contributed by atoms with E-state index in [0.29, 0.717) is 13.0 Å². The highest BCUT2D eigenvalue weighted by Crippen LogP contribution is 2.29. The second kappa shape index (κ2) is 7.23. The van der Waals surface area contributed by atoms with Gasteiger partial charge < -0.3 is 14.4 Å². The molecule has 5 heteroatoms. The van der Waals surface area contributed by atoms with Gasteiger partial charge in [-0.25, -0.2) is 0 Å². The molecule has 0 radical (unpaired) electrons. The zero-order chi connectivity index (χ0) is 17.1. The molecule has 3 heterocycles. The van der Waals surface area contributed by atoms with E-state index in [1.165, 1.54) is 0 Å². The first-order valence-electron chi connectivity index (χ1n) is 8.83. The predicted molar refractivity (Wildman–Crippen MR) is 93.2 cm³/mol. The summed E-state index contributed by atoms with van der Waals surface area (Å²) in [7, 11) is 0. The molecular weight excluding hydrogens is 316 g/mol. The molecule has 2 aliphatic rings. The van der Waals surface area contributed by atoms with Crippen molar-refractivity contribution in [3.05, 3.63) is 59.9 Å². The van der Waals surface area contributed by atoms with Crippen LogP contribution in [-0.4, -0.2) is 41.1 Å². The van der Waals surface area contributed by atoms with Gasteiger partial charge in [0, 0.05) is 31.9 Å². The average Bonchev–Trinajstić information content (AvgIpc) is 3.11. The third kappa shape index (κ3) is 3.66. The molecule has 1 fully saturated rings. The van der Waals surface area contributed by atoms with E-state index < -0.39 is 0 Å². The van der Waals surface area contributed by atoms with Crippen molar-refractivity contribution in [3.8, 4) is 5.75 Å². The zero-order valence-electron chi connectivity index (χ0n) is 14.1. The molecule has 0 aliphatic carbocycles. The molecule has 1 unspecified atom stereocenters. The highest BCUT2D eigenvalue weighted by atomic mass is 16.5. The van der Waals surface area contributed by atoms with Gasteiger partial charge >= 0.3 is 0 Å². The summed E-state index contributed by atoms with van der Waals surface area (Å²) in [6.07, 6.45) is 5.82. The Morgan fingerprint density at radius 2 is 2.04 bits per heavy atom. The van der Waals surface area contributed by atoms with Crippen molar-refractivity contribution in [2.24, 2.45) is 0 Å². The van der Waals surface area contributed by atoms with E-state index in [1.54, 1.807) is 6.20 Å². The van der Waals surface area contributed by atoms with Gasteiger partial charge in [0.1, 0.15) is 5.75 Å². The van der Waals surface area contributed by atoms with Gasteiger partial charge in [-0.3, -0.25) is 9.78 Å². The summed E-state index contributed by atoms with van der Waals surface area (Å²) in [6, 6.07) is 11.8. The minimum atomic E-state index is -0.370. The van der Waals surface area contributed by atoms with Crippen LogP contribution >= 0.6 is 0 Å². The Morgan fingerprint density at radius 1 is 1.20 bits per heavy atom. The average molecular weight is 338 g/mol. The van der Waals surface area contributed by atoms with Crippen LogP contribution in [0.2, 0.25) is 0 Å². The van der Waals surface area contributed by atoms with Crippen LogP contribution in [0.1, 0.15) is 24.0 Å². The van der Waals surface area contributed by atoms with Crippen molar-refractivity contribution in [3.63, 3.8) is 0 Å². The summed E-state index contributed by atoms with van der Waals surface area (Å²) in [5.41, 5.74) is 2.20. The lowest BCUT2D eigenvalue weighted by molar-refractivity contribution is -0.140. The normalized spacial score (nSPS) is 20.2. The fourth-order valence-electron chi connectivity index (χ4n) is 3.46. The Bertz CT molecular complexity index is 702. The summed E-state index contributed by atoms with van der Waals surface area (Å²) in [5, 5.41) is 0. The molecule has 1 saturated heterocycles. The van der Waals surface area contributed by atoms with Crippen molar-refractivity contribution in [1.29, 1.82) is 0 Å². The van der Waals surface area contributed by atoms with Crippen LogP contribution < -0.4 is 4.74 Å². The molecule has 1 aromatic carbocycles. The van der Waals surface area contributed by atoms with Gasteiger partial charge in [-0.15, -0.1) is 0 Å². The van der Waals surface area contributed by atoms with Gasteiger partial charge in [0.05, 0.1) is 12.7 Å². The molecular formula is C20H22N2O3. The van der Waals surface area contributed by atoms with Gasteiger partial charge in [0.15, 0.2) is 6.10 Å². The largest absolute Gasteiger partial charge is 0.480 e. The van der Waals surface area contributed by atoms with Crippen molar-refractivity contribution in [1.82, 2.24) is 9.88 Å². The molecule has 0 bridgehead atoms. The molecule has 0 N–H and O–H groups in total. The maximum absolute atomic E-state index is 12.7. The van der Waals surface area contributed by atoms with Gasteiger partial charge in [0.2, 0.25) is 0 Å². The molecule has 1 aromatic heterocycles. The number of carbonyl (C=O) groups excluding carboxylic acids is 1. The van der Waals surface area contributed by atoms with E-state index in [4.69, 9.17) is 9.47 Å². The monoisotopic (exact) mass is 338 g/mol. The molecule has 0 saturated carbocycles. The fraction of sp³-hybridized carbons (Fsp3) is 0.400. The van der Waals surface area contributed by atoms with Crippen LogP contribution in [-0.2, 0) is 22.6 Å². The lowest BCUT2D eigenvalue weighted by atomic mass is 10.1. The first-order chi connectivity index (χ1) is 12.3. The maximum atomic E-state index is 12.7. The third-order valence-corrected chi connectivity index (χ3v) is 4.88. The van der Waals surface area contributed by atoms with Crippen molar-refractivity contribution in [2.45, 2.75) is 38.1 Å². The van der Waals surface area contributed by atoms with E-state index in [-0.39, 0.29) is 18.1 Å². The molecule has 130 valence electrons. The van der Waals surface area contributed by atoms with E-state index in [1.807, 2.05) is 47.5 Å². The van der Waals surface area contributed by atoms with Crippen LogP contribution in [0.15, 0.2) is 48.8 Å². The highest BCUT2D eigenvalue weighted by Gasteiger charge is 2.34. The quantitative estimate of drug-likeness (QED) is 0.860. The second-order valence-corrected chi connectivity index (χ2v) is 6.62. The predicted octanol–water partition coefficient (Wildman–Crippen LogP) is 2.59. The van der Waals surface area contributed by atoms with Crippen molar-refractivity contribution < 1.29 is 14.3 Å². The minimum Gasteiger partial charge on any atom is -0.480 e. The first kappa shape index (κ1) is 16.1. The van der Waals surface area contributed by atoms with Crippen LogP contribution in [0.25, 0.3) is 0 Å². The zero-order valence-corrected chi connectivity index (χ0v) is 14.1. The second-order valence-electron chi connectivity index (χ2n) is 6.62. The Balaban J connectivity index is 1.25. The number of likely N-dealkylation sites (tertiary alicyclic amines) is 1. The Labute approximate surface area is 147 Å². The van der Waals surface area contributed by atoms with Gasteiger partial charge in [-0.2, -0.15) is 0 Å². The third-order valence-electron chi connectivity index (χ3n) is 4.88. The number of piperidine rings is 1. The number of pyridine rings is 1. The summed E-state index contributed by atoms with van der Waals surface area (Å²) >= 11 is 0. The number of aromatic nitrogens is 1. The summed E-state index contributed by atoms with van der Waals surface area (Å²) in [6.45, 7) is 2.03. The van der Waals surface area contributed by atoms with Gasteiger partial charge in [-0.05, 0) is 36.1 Å². The smallest absolute Gasteiger partial charge is 0.263 e. The van der Waals surface area contributed by atoms with E-state index in [2.05, 4.69) is 4.98 Å². The molecule has 2 aromatic rings. The molecule has 4 rings (SSSR count). The summed E-state index contributed by atoms with van der Waals surface area (Å²) in [5.74, 6) is 0.942. The molecule has 25 heavy (non-hydrogen) atoms. The topological polar surface area (TPSA) is 51.7 Å². The number of hydrogen-bond acceptors (Lipinski definition) is 4. The number of fused-ring (bicyclic) bond motifs is 1. The number of rotatable bonds is 4. The van der Waals surface area contributed by atoms with Gasteiger partial charge in [0.25, 0.3) is 5.91 Å². The fourth-order valence-corrected chi connectivity index (χ4v) is 3.46. The Kier molecular flexibility index (Phi) is 4.65. The molecule has 1 atom stereocenters. The molecule has 2 aliphatic heterocycles. The highest BCUT2D eigenvalue weighted by molar-refractivity contribution is 5.82. The molecule has 0 spiro atoms. The molecule has 1 amide bonds. The number of amides is 1. The van der Waals surface area contributed by atoms with Gasteiger partial charge in [-0.1, -0.05) is 24.3 Å².